The molecule has 2 aliphatic heterocycles. The van der Waals surface area contributed by atoms with E-state index in [0.717, 1.165) is 0 Å². The number of aliphatic carboxylic acids is 1. The number of amides is 5. The van der Waals surface area contributed by atoms with Gasteiger partial charge in [0.2, 0.25) is 29.5 Å². The molecule has 2 saturated heterocycles. The standard InChI is InChI=1S/C36H57N9O8/c1-20(2)18-24(37)30(47)43-29(21(3)4)34(51)44-16-6-9-27(44)32(49)42-26(19-22-11-13-23(46)14-12-22)31(48)41-25(8-5-15-40-36(38)39)33(50)45-17-7-10-28(45)35(52)53/h11-14,20-21,24-29,46H,5-10,15-19,37H2,1-4H3,(H,41,48)(H,42,49)(H,43,47)(H,52,53)(H4,38,39,40)/t24-,25-,26-,27-,28-,29-/m0/s1. The van der Waals surface area contributed by atoms with E-state index in [1.54, 1.807) is 26.0 Å². The molecule has 3 rings (SSSR count). The first-order valence-electron chi connectivity index (χ1n) is 18.3. The lowest BCUT2D eigenvalue weighted by Gasteiger charge is -2.32. The van der Waals surface area contributed by atoms with Crippen LogP contribution in [0.1, 0.15) is 78.2 Å². The molecule has 5 amide bonds. The number of carbonyl (C=O) groups is 6. The first kappa shape index (κ1) is 42.5. The maximum absolute atomic E-state index is 14.1. The smallest absolute Gasteiger partial charge is 0.326 e. The molecule has 0 unspecified atom stereocenters. The summed E-state index contributed by atoms with van der Waals surface area (Å²) in [5.74, 6) is -4.21. The number of phenolic OH excluding ortho intramolecular Hbond substituents is 1. The highest BCUT2D eigenvalue weighted by Gasteiger charge is 2.41. The Bertz CT molecular complexity index is 1480. The molecule has 2 heterocycles. The lowest BCUT2D eigenvalue weighted by atomic mass is 9.99. The highest BCUT2D eigenvalue weighted by molar-refractivity contribution is 5.97. The van der Waals surface area contributed by atoms with Gasteiger partial charge >= 0.3 is 5.97 Å². The first-order chi connectivity index (χ1) is 25.0. The maximum atomic E-state index is 14.1. The van der Waals surface area contributed by atoms with Crippen LogP contribution in [-0.2, 0) is 35.2 Å². The molecule has 6 atom stereocenters. The number of aliphatic imine (C=N–C) groups is 1. The molecule has 17 nitrogen and oxygen atoms in total. The van der Waals surface area contributed by atoms with Gasteiger partial charge in [0, 0.05) is 26.1 Å². The second-order valence-corrected chi connectivity index (χ2v) is 14.6. The van der Waals surface area contributed by atoms with Gasteiger partial charge in [0.15, 0.2) is 5.96 Å². The van der Waals surface area contributed by atoms with Crippen molar-refractivity contribution >= 4 is 41.5 Å². The van der Waals surface area contributed by atoms with Crippen LogP contribution in [0.25, 0.3) is 0 Å². The zero-order valence-electron chi connectivity index (χ0n) is 31.1. The van der Waals surface area contributed by atoms with Crippen molar-refractivity contribution in [3.8, 4) is 5.75 Å². The van der Waals surface area contributed by atoms with Crippen molar-refractivity contribution in [3.63, 3.8) is 0 Å². The second-order valence-electron chi connectivity index (χ2n) is 14.6. The van der Waals surface area contributed by atoms with Crippen LogP contribution < -0.4 is 33.2 Å². The second kappa shape index (κ2) is 19.8. The number of nitrogens with zero attached hydrogens (tertiary/aromatic N) is 3. The number of aromatic hydroxyl groups is 1. The number of carboxylic acids is 1. The van der Waals surface area contributed by atoms with Gasteiger partial charge in [-0.05, 0) is 74.5 Å². The summed E-state index contributed by atoms with van der Waals surface area (Å²) < 4.78 is 0. The van der Waals surface area contributed by atoms with Crippen LogP contribution in [0.15, 0.2) is 29.3 Å². The van der Waals surface area contributed by atoms with Crippen molar-refractivity contribution in [3.05, 3.63) is 29.8 Å². The Morgan fingerprint density at radius 2 is 1.45 bits per heavy atom. The molecule has 17 heteroatoms. The van der Waals surface area contributed by atoms with Gasteiger partial charge in [0.1, 0.15) is 36.0 Å². The van der Waals surface area contributed by atoms with Crippen LogP contribution in [0.3, 0.4) is 0 Å². The summed E-state index contributed by atoms with van der Waals surface area (Å²) in [4.78, 5) is 87.1. The first-order valence-corrected chi connectivity index (χ1v) is 18.3. The van der Waals surface area contributed by atoms with Gasteiger partial charge in [0.25, 0.3) is 0 Å². The maximum Gasteiger partial charge on any atom is 0.326 e. The molecule has 0 saturated carbocycles. The zero-order chi connectivity index (χ0) is 39.4. The third kappa shape index (κ3) is 12.3. The summed E-state index contributed by atoms with van der Waals surface area (Å²) in [5, 5.41) is 27.9. The minimum Gasteiger partial charge on any atom is -0.508 e. The van der Waals surface area contributed by atoms with E-state index in [-0.39, 0.29) is 68.9 Å². The average molecular weight is 744 g/mol. The van der Waals surface area contributed by atoms with Crippen molar-refractivity contribution in [1.82, 2.24) is 25.8 Å². The number of likely N-dealkylation sites (tertiary alicyclic amines) is 2. The summed E-state index contributed by atoms with van der Waals surface area (Å²) in [6, 6.07) is -0.0575. The predicted molar refractivity (Wildman–Crippen MR) is 197 cm³/mol. The van der Waals surface area contributed by atoms with Crippen LogP contribution >= 0.6 is 0 Å². The predicted octanol–water partition coefficient (Wildman–Crippen LogP) is -0.461. The molecule has 2 fully saturated rings. The van der Waals surface area contributed by atoms with Gasteiger partial charge < -0.3 is 53.2 Å². The largest absolute Gasteiger partial charge is 0.508 e. The van der Waals surface area contributed by atoms with E-state index in [9.17, 15) is 39.0 Å². The SMILES string of the molecule is CC(C)C[C@H](N)C(=O)N[C@H](C(=O)N1CCC[C@H]1C(=O)N[C@@H](Cc1ccc(O)cc1)C(=O)N[C@@H](CCCN=C(N)N)C(=O)N1CCC[C@H]1C(=O)O)C(C)C. The van der Waals surface area contributed by atoms with Gasteiger partial charge in [-0.1, -0.05) is 39.8 Å². The van der Waals surface area contributed by atoms with E-state index < -0.39 is 71.8 Å². The fraction of sp³-hybridized carbons (Fsp3) is 0.639. The van der Waals surface area contributed by atoms with E-state index in [0.29, 0.717) is 31.2 Å². The van der Waals surface area contributed by atoms with Crippen molar-refractivity contribution in [2.45, 2.75) is 115 Å². The quantitative estimate of drug-likeness (QED) is 0.0541. The van der Waals surface area contributed by atoms with Gasteiger partial charge in [0.05, 0.1) is 6.04 Å². The highest BCUT2D eigenvalue weighted by Crippen LogP contribution is 2.23. The third-order valence-electron chi connectivity index (χ3n) is 9.52. The minimum atomic E-state index is -1.24. The van der Waals surface area contributed by atoms with Gasteiger partial charge in [-0.15, -0.1) is 0 Å². The summed E-state index contributed by atoms with van der Waals surface area (Å²) >= 11 is 0. The van der Waals surface area contributed by atoms with Gasteiger partial charge in [-0.3, -0.25) is 29.0 Å². The fourth-order valence-electron chi connectivity index (χ4n) is 6.74. The average Bonchev–Trinajstić information content (AvgIpc) is 3.79. The molecule has 2 aliphatic rings. The molecule has 1 aromatic carbocycles. The van der Waals surface area contributed by atoms with Gasteiger partial charge in [-0.2, -0.15) is 0 Å². The Hall–Kier alpha value is -4.93. The zero-order valence-corrected chi connectivity index (χ0v) is 31.1. The van der Waals surface area contributed by atoms with E-state index in [2.05, 4.69) is 20.9 Å². The molecular weight excluding hydrogens is 686 g/mol. The van der Waals surface area contributed by atoms with Crippen molar-refractivity contribution in [2.24, 2.45) is 34.0 Å². The number of carboxylic acid groups (broad SMARTS) is 1. The van der Waals surface area contributed by atoms with Crippen molar-refractivity contribution < 1.29 is 39.0 Å². The Balaban J connectivity index is 1.85. The lowest BCUT2D eigenvalue weighted by molar-refractivity contribution is -0.149. The van der Waals surface area contributed by atoms with E-state index in [1.165, 1.54) is 21.9 Å². The number of carbonyl (C=O) groups excluding carboxylic acids is 5. The molecule has 1 aromatic rings. The van der Waals surface area contributed by atoms with Gasteiger partial charge in [-0.25, -0.2) is 4.79 Å². The monoisotopic (exact) mass is 743 g/mol. The number of hydrogen-bond acceptors (Lipinski definition) is 9. The third-order valence-corrected chi connectivity index (χ3v) is 9.52. The summed E-state index contributed by atoms with van der Waals surface area (Å²) in [7, 11) is 0. The number of nitrogens with one attached hydrogen (secondary N) is 3. The molecule has 0 spiro atoms. The number of phenols is 1. The van der Waals surface area contributed by atoms with Crippen molar-refractivity contribution in [2.75, 3.05) is 19.6 Å². The lowest BCUT2D eigenvalue weighted by Crippen LogP contribution is -2.60. The number of benzene rings is 1. The number of rotatable bonds is 18. The van der Waals surface area contributed by atoms with Crippen LogP contribution in [-0.4, -0.2) is 117 Å². The van der Waals surface area contributed by atoms with E-state index in [4.69, 9.17) is 17.2 Å². The molecule has 294 valence electrons. The Morgan fingerprint density at radius 3 is 2.02 bits per heavy atom. The van der Waals surface area contributed by atoms with Crippen LogP contribution in [0.4, 0.5) is 0 Å². The Labute approximate surface area is 310 Å². The Morgan fingerprint density at radius 1 is 0.849 bits per heavy atom. The number of nitrogens with two attached hydrogens (primary N) is 3. The van der Waals surface area contributed by atoms with Crippen LogP contribution in [0.5, 0.6) is 5.75 Å². The van der Waals surface area contributed by atoms with Crippen LogP contribution in [0.2, 0.25) is 0 Å². The van der Waals surface area contributed by atoms with Crippen LogP contribution in [0, 0.1) is 11.8 Å². The minimum absolute atomic E-state index is 0.000825. The summed E-state index contributed by atoms with van der Waals surface area (Å²) in [5.41, 5.74) is 17.6. The molecular formula is C36H57N9O8. The molecule has 11 N–H and O–H groups in total. The van der Waals surface area contributed by atoms with E-state index in [1.807, 2.05) is 13.8 Å². The fourth-order valence-corrected chi connectivity index (χ4v) is 6.74. The number of guanidine groups is 1. The number of hydrogen-bond donors (Lipinski definition) is 8. The topological polar surface area (TPSA) is 276 Å². The van der Waals surface area contributed by atoms with E-state index >= 15 is 0 Å². The molecule has 0 bridgehead atoms. The molecule has 53 heavy (non-hydrogen) atoms. The van der Waals surface area contributed by atoms with Crippen molar-refractivity contribution in [1.29, 1.82) is 0 Å². The molecule has 0 aliphatic carbocycles. The normalized spacial score (nSPS) is 19.3. The molecule has 0 aromatic heterocycles. The summed E-state index contributed by atoms with van der Waals surface area (Å²) in [6.07, 6.45) is 2.35. The summed E-state index contributed by atoms with van der Waals surface area (Å²) in [6.45, 7) is 8.08. The Kier molecular flexibility index (Phi) is 15.9. The molecule has 0 radical (unpaired) electrons. The highest BCUT2D eigenvalue weighted by atomic mass is 16.4.